The smallest absolute Gasteiger partial charge is 0.244 e. The fourth-order valence-corrected chi connectivity index (χ4v) is 2.94. The number of carbonyl (C=O) groups excluding carboxylic acids is 1. The summed E-state index contributed by atoms with van der Waals surface area (Å²) in [7, 11) is 1.68. The van der Waals surface area contributed by atoms with Gasteiger partial charge in [0, 0.05) is 20.3 Å². The van der Waals surface area contributed by atoms with Crippen LogP contribution >= 0.6 is 0 Å². The average molecular weight is 292 g/mol. The van der Waals surface area contributed by atoms with Crippen molar-refractivity contribution in [2.24, 2.45) is 0 Å². The third-order valence-electron chi connectivity index (χ3n) is 4.33. The quantitative estimate of drug-likeness (QED) is 0.817. The topological polar surface area (TPSA) is 41.6 Å². The van der Waals surface area contributed by atoms with E-state index in [1.807, 2.05) is 4.90 Å². The Balaban J connectivity index is 1.73. The van der Waals surface area contributed by atoms with Crippen LogP contribution in [-0.4, -0.2) is 36.6 Å². The summed E-state index contributed by atoms with van der Waals surface area (Å²) in [5.74, 6) is -0.0647. The lowest BCUT2D eigenvalue weighted by Crippen LogP contribution is -2.33. The molecule has 0 radical (unpaired) electrons. The first-order chi connectivity index (χ1) is 10.2. The molecule has 1 aromatic rings. The number of halogens is 1. The Labute approximate surface area is 124 Å². The standard InChI is InChI=1S/C16H21FN2O2/c1-21-11-3-2-10-19-14(12-4-6-13(17)7-5-12)18-16(8-9-16)15(19)20/h4-7,14,18H,2-3,8-11H2,1H3. The van der Waals surface area contributed by atoms with E-state index >= 15 is 0 Å². The zero-order valence-corrected chi connectivity index (χ0v) is 12.3. The molecule has 1 unspecified atom stereocenters. The number of amides is 1. The number of unbranched alkanes of at least 4 members (excludes halogenated alkanes) is 1. The number of carbonyl (C=O) groups is 1. The summed E-state index contributed by atoms with van der Waals surface area (Å²) in [5, 5.41) is 3.44. The highest BCUT2D eigenvalue weighted by molar-refractivity contribution is 5.92. The summed E-state index contributed by atoms with van der Waals surface area (Å²) in [6.07, 6.45) is 3.51. The van der Waals surface area contributed by atoms with Crippen LogP contribution in [0, 0.1) is 5.82 Å². The van der Waals surface area contributed by atoms with Crippen molar-refractivity contribution in [2.75, 3.05) is 20.3 Å². The SMILES string of the molecule is COCCCCN1C(=O)C2(CC2)NC1c1ccc(F)cc1. The highest BCUT2D eigenvalue weighted by Gasteiger charge is 2.59. The van der Waals surface area contributed by atoms with Crippen molar-refractivity contribution in [1.82, 2.24) is 10.2 Å². The molecular weight excluding hydrogens is 271 g/mol. The van der Waals surface area contributed by atoms with Crippen molar-refractivity contribution in [1.29, 1.82) is 0 Å². The van der Waals surface area contributed by atoms with Crippen molar-refractivity contribution in [3.05, 3.63) is 35.6 Å². The van der Waals surface area contributed by atoms with Crippen molar-refractivity contribution in [3.63, 3.8) is 0 Å². The Morgan fingerprint density at radius 1 is 1.33 bits per heavy atom. The van der Waals surface area contributed by atoms with Crippen LogP contribution < -0.4 is 5.32 Å². The fourth-order valence-electron chi connectivity index (χ4n) is 2.94. The van der Waals surface area contributed by atoms with Gasteiger partial charge >= 0.3 is 0 Å². The van der Waals surface area contributed by atoms with Crippen LogP contribution in [0.5, 0.6) is 0 Å². The van der Waals surface area contributed by atoms with E-state index in [1.54, 1.807) is 19.2 Å². The van der Waals surface area contributed by atoms with E-state index in [1.165, 1.54) is 12.1 Å². The minimum atomic E-state index is -0.347. The molecule has 5 heteroatoms. The van der Waals surface area contributed by atoms with Gasteiger partial charge < -0.3 is 9.64 Å². The Morgan fingerprint density at radius 3 is 2.67 bits per heavy atom. The Bertz CT molecular complexity index is 514. The minimum Gasteiger partial charge on any atom is -0.385 e. The second-order valence-electron chi connectivity index (χ2n) is 5.88. The van der Waals surface area contributed by atoms with Crippen LogP contribution in [0.3, 0.4) is 0 Å². The number of methoxy groups -OCH3 is 1. The maximum atomic E-state index is 13.1. The molecule has 4 nitrogen and oxygen atoms in total. The molecule has 2 fully saturated rings. The summed E-state index contributed by atoms with van der Waals surface area (Å²) < 4.78 is 18.1. The third-order valence-corrected chi connectivity index (χ3v) is 4.33. The van der Waals surface area contributed by atoms with Gasteiger partial charge in [-0.15, -0.1) is 0 Å². The predicted octanol–water partition coefficient (Wildman–Crippen LogP) is 2.22. The number of hydrogen-bond donors (Lipinski definition) is 1. The Kier molecular flexibility index (Phi) is 3.95. The Morgan fingerprint density at radius 2 is 2.05 bits per heavy atom. The van der Waals surface area contributed by atoms with Gasteiger partial charge in [0.25, 0.3) is 0 Å². The van der Waals surface area contributed by atoms with Gasteiger partial charge in [0.1, 0.15) is 17.5 Å². The van der Waals surface area contributed by atoms with Crippen molar-refractivity contribution >= 4 is 5.91 Å². The summed E-state index contributed by atoms with van der Waals surface area (Å²) in [4.78, 5) is 14.5. The molecule has 1 spiro atoms. The van der Waals surface area contributed by atoms with Crippen LogP contribution in [0.15, 0.2) is 24.3 Å². The number of ether oxygens (including phenoxy) is 1. The van der Waals surface area contributed by atoms with Gasteiger partial charge in [0.05, 0.1) is 0 Å². The van der Waals surface area contributed by atoms with Crippen LogP contribution in [0.1, 0.15) is 37.4 Å². The predicted molar refractivity (Wildman–Crippen MR) is 77.1 cm³/mol. The highest BCUT2D eigenvalue weighted by Crippen LogP contribution is 2.45. The fraction of sp³-hybridized carbons (Fsp3) is 0.562. The van der Waals surface area contributed by atoms with E-state index in [2.05, 4.69) is 5.32 Å². The van der Waals surface area contributed by atoms with E-state index < -0.39 is 0 Å². The molecular formula is C16H21FN2O2. The van der Waals surface area contributed by atoms with Crippen molar-refractivity contribution in [3.8, 4) is 0 Å². The molecule has 1 saturated carbocycles. The lowest BCUT2D eigenvalue weighted by Gasteiger charge is -2.24. The molecule has 2 aliphatic rings. The number of nitrogens with zero attached hydrogens (tertiary/aromatic N) is 1. The molecule has 1 aliphatic carbocycles. The van der Waals surface area contributed by atoms with Crippen LogP contribution in [0.25, 0.3) is 0 Å². The molecule has 0 aromatic heterocycles. The van der Waals surface area contributed by atoms with Crippen LogP contribution in [0.4, 0.5) is 4.39 Å². The van der Waals surface area contributed by atoms with Gasteiger partial charge in [-0.3, -0.25) is 10.1 Å². The molecule has 1 atom stereocenters. The maximum absolute atomic E-state index is 13.1. The summed E-state index contributed by atoms with van der Waals surface area (Å²) in [6, 6.07) is 6.40. The zero-order valence-electron chi connectivity index (χ0n) is 12.3. The maximum Gasteiger partial charge on any atom is 0.244 e. The van der Waals surface area contributed by atoms with E-state index in [9.17, 15) is 9.18 Å². The van der Waals surface area contributed by atoms with Gasteiger partial charge in [-0.25, -0.2) is 4.39 Å². The van der Waals surface area contributed by atoms with Crippen molar-refractivity contribution in [2.45, 2.75) is 37.4 Å². The van der Waals surface area contributed by atoms with E-state index in [-0.39, 0.29) is 23.4 Å². The lowest BCUT2D eigenvalue weighted by molar-refractivity contribution is -0.131. The largest absolute Gasteiger partial charge is 0.385 e. The van der Waals surface area contributed by atoms with E-state index in [0.717, 1.165) is 31.2 Å². The molecule has 1 aliphatic heterocycles. The number of benzene rings is 1. The molecule has 1 N–H and O–H groups in total. The summed E-state index contributed by atoms with van der Waals surface area (Å²) >= 11 is 0. The number of nitrogens with one attached hydrogen (secondary N) is 1. The normalized spacial score (nSPS) is 23.0. The lowest BCUT2D eigenvalue weighted by atomic mass is 10.1. The van der Waals surface area contributed by atoms with Gasteiger partial charge in [-0.05, 0) is 43.4 Å². The Hall–Kier alpha value is -1.46. The minimum absolute atomic E-state index is 0.136. The van der Waals surface area contributed by atoms with Gasteiger partial charge in [-0.1, -0.05) is 12.1 Å². The molecule has 1 heterocycles. The number of rotatable bonds is 6. The van der Waals surface area contributed by atoms with E-state index in [0.29, 0.717) is 13.2 Å². The monoisotopic (exact) mass is 292 g/mol. The molecule has 1 aromatic carbocycles. The molecule has 1 saturated heterocycles. The average Bonchev–Trinajstić information content (AvgIpc) is 3.21. The first-order valence-corrected chi connectivity index (χ1v) is 7.49. The van der Waals surface area contributed by atoms with Crippen LogP contribution in [0.2, 0.25) is 0 Å². The summed E-state index contributed by atoms with van der Waals surface area (Å²) in [6.45, 7) is 1.42. The third kappa shape index (κ3) is 2.80. The van der Waals surface area contributed by atoms with Gasteiger partial charge in [0.2, 0.25) is 5.91 Å². The molecule has 0 bridgehead atoms. The zero-order chi connectivity index (χ0) is 14.9. The molecule has 1 amide bonds. The van der Waals surface area contributed by atoms with Crippen LogP contribution in [-0.2, 0) is 9.53 Å². The van der Waals surface area contributed by atoms with Gasteiger partial charge in [-0.2, -0.15) is 0 Å². The van der Waals surface area contributed by atoms with Gasteiger partial charge in [0.15, 0.2) is 0 Å². The summed E-state index contributed by atoms with van der Waals surface area (Å²) in [5.41, 5.74) is 0.598. The highest BCUT2D eigenvalue weighted by atomic mass is 19.1. The second kappa shape index (κ2) is 5.73. The first-order valence-electron chi connectivity index (χ1n) is 7.49. The number of hydrogen-bond acceptors (Lipinski definition) is 3. The first kappa shape index (κ1) is 14.5. The van der Waals surface area contributed by atoms with Crippen molar-refractivity contribution < 1.29 is 13.9 Å². The van der Waals surface area contributed by atoms with E-state index in [4.69, 9.17) is 4.74 Å². The second-order valence-corrected chi connectivity index (χ2v) is 5.88. The molecule has 21 heavy (non-hydrogen) atoms. The molecule has 3 rings (SSSR count). The molecule has 114 valence electrons.